The molecule has 0 unspecified atom stereocenters. The number of hydrogen-bond donors (Lipinski definition) is 1. The second-order valence-corrected chi connectivity index (χ2v) is 6.58. The van der Waals surface area contributed by atoms with Crippen molar-refractivity contribution in [3.63, 3.8) is 0 Å². The molecule has 2 aromatic rings. The maximum atomic E-state index is 12.4. The highest BCUT2D eigenvalue weighted by Crippen LogP contribution is 2.25. The molecule has 1 N–H and O–H groups in total. The minimum Gasteiger partial charge on any atom is -0.326 e. The number of benzene rings is 1. The third kappa shape index (κ3) is 3.64. The molecule has 1 aliphatic rings. The van der Waals surface area contributed by atoms with Gasteiger partial charge < -0.3 is 10.2 Å². The molecule has 0 bridgehead atoms. The molecular weight excluding hydrogens is 304 g/mol. The topological polar surface area (TPSA) is 67.2 Å². The van der Waals surface area contributed by atoms with Gasteiger partial charge in [-0.2, -0.15) is 5.10 Å². The van der Waals surface area contributed by atoms with E-state index in [1.54, 1.807) is 11.1 Å². The molecule has 2 heterocycles. The molecule has 24 heavy (non-hydrogen) atoms. The van der Waals surface area contributed by atoms with E-state index < -0.39 is 0 Å². The number of amides is 2. The van der Waals surface area contributed by atoms with Crippen LogP contribution in [0.5, 0.6) is 0 Å². The summed E-state index contributed by atoms with van der Waals surface area (Å²) in [7, 11) is 0. The lowest BCUT2D eigenvalue weighted by atomic mass is 10.1. The number of carbonyl (C=O) groups is 2. The van der Waals surface area contributed by atoms with E-state index in [-0.39, 0.29) is 24.2 Å². The smallest absolute Gasteiger partial charge is 0.229 e. The van der Waals surface area contributed by atoms with Gasteiger partial charge in [0.1, 0.15) is 0 Å². The number of nitrogens with zero attached hydrogens (tertiary/aromatic N) is 3. The molecule has 6 heteroatoms. The first-order valence-electron chi connectivity index (χ1n) is 8.21. The first-order chi connectivity index (χ1) is 11.5. The SMILES string of the molecule is CC(C)Cn1cc(N2C[C@@H](C(=O)Nc3ccccc3)CC2=O)cn1. The average molecular weight is 326 g/mol. The van der Waals surface area contributed by atoms with E-state index in [9.17, 15) is 9.59 Å². The number of anilines is 2. The van der Waals surface area contributed by atoms with Crippen molar-refractivity contribution in [2.24, 2.45) is 11.8 Å². The highest BCUT2D eigenvalue weighted by molar-refractivity contribution is 6.03. The van der Waals surface area contributed by atoms with Crippen molar-refractivity contribution in [2.75, 3.05) is 16.8 Å². The largest absolute Gasteiger partial charge is 0.326 e. The molecule has 3 rings (SSSR count). The molecule has 1 fully saturated rings. The zero-order chi connectivity index (χ0) is 17.1. The van der Waals surface area contributed by atoms with Crippen LogP contribution in [0.3, 0.4) is 0 Å². The third-order valence-electron chi connectivity index (χ3n) is 4.02. The van der Waals surface area contributed by atoms with Crippen LogP contribution in [0, 0.1) is 11.8 Å². The van der Waals surface area contributed by atoms with Crippen molar-refractivity contribution in [3.05, 3.63) is 42.7 Å². The molecule has 6 nitrogen and oxygen atoms in total. The fourth-order valence-electron chi connectivity index (χ4n) is 2.86. The second-order valence-electron chi connectivity index (χ2n) is 6.58. The van der Waals surface area contributed by atoms with E-state index >= 15 is 0 Å². The van der Waals surface area contributed by atoms with Gasteiger partial charge in [-0.15, -0.1) is 0 Å². The van der Waals surface area contributed by atoms with Crippen molar-refractivity contribution in [1.82, 2.24) is 9.78 Å². The molecule has 126 valence electrons. The molecule has 0 radical (unpaired) electrons. The van der Waals surface area contributed by atoms with Crippen molar-refractivity contribution in [1.29, 1.82) is 0 Å². The Bertz CT molecular complexity index is 724. The monoisotopic (exact) mass is 326 g/mol. The highest BCUT2D eigenvalue weighted by Gasteiger charge is 2.35. The minimum atomic E-state index is -0.342. The first kappa shape index (κ1) is 16.2. The molecule has 1 atom stereocenters. The summed E-state index contributed by atoms with van der Waals surface area (Å²) in [6.45, 7) is 5.43. The summed E-state index contributed by atoms with van der Waals surface area (Å²) in [5, 5.41) is 7.16. The van der Waals surface area contributed by atoms with Crippen LogP contribution in [0.1, 0.15) is 20.3 Å². The number of carbonyl (C=O) groups excluding carboxylic acids is 2. The van der Waals surface area contributed by atoms with Crippen molar-refractivity contribution in [3.8, 4) is 0 Å². The Kier molecular flexibility index (Phi) is 4.64. The summed E-state index contributed by atoms with van der Waals surface area (Å²) in [6.07, 6.45) is 3.79. The molecule has 1 saturated heterocycles. The van der Waals surface area contributed by atoms with Crippen LogP contribution in [0.4, 0.5) is 11.4 Å². The van der Waals surface area contributed by atoms with E-state index in [2.05, 4.69) is 24.3 Å². The molecule has 0 spiro atoms. The number of hydrogen-bond acceptors (Lipinski definition) is 3. The quantitative estimate of drug-likeness (QED) is 0.918. The number of aromatic nitrogens is 2. The van der Waals surface area contributed by atoms with Crippen LogP contribution in [0.2, 0.25) is 0 Å². The maximum absolute atomic E-state index is 12.4. The van der Waals surface area contributed by atoms with Gasteiger partial charge in [0.15, 0.2) is 0 Å². The van der Waals surface area contributed by atoms with Gasteiger partial charge in [-0.05, 0) is 18.1 Å². The van der Waals surface area contributed by atoms with Crippen LogP contribution in [0.25, 0.3) is 0 Å². The summed E-state index contributed by atoms with van der Waals surface area (Å²) >= 11 is 0. The Hall–Kier alpha value is -2.63. The van der Waals surface area contributed by atoms with E-state index in [0.29, 0.717) is 12.5 Å². The molecule has 2 amide bonds. The van der Waals surface area contributed by atoms with E-state index in [4.69, 9.17) is 0 Å². The maximum Gasteiger partial charge on any atom is 0.229 e. The molecule has 1 aromatic heterocycles. The predicted molar refractivity (Wildman–Crippen MR) is 92.6 cm³/mol. The lowest BCUT2D eigenvalue weighted by Crippen LogP contribution is -2.27. The standard InChI is InChI=1S/C18H22N4O2/c1-13(2)10-21-12-16(9-19-21)22-11-14(8-17(22)23)18(24)20-15-6-4-3-5-7-15/h3-7,9,12-14H,8,10-11H2,1-2H3,(H,20,24)/t14-/m0/s1. The van der Waals surface area contributed by atoms with E-state index in [0.717, 1.165) is 17.9 Å². The number of nitrogens with one attached hydrogen (secondary N) is 1. The Morgan fingerprint density at radius 1 is 1.33 bits per heavy atom. The second kappa shape index (κ2) is 6.86. The number of para-hydroxylation sites is 1. The van der Waals surface area contributed by atoms with Crippen LogP contribution in [-0.4, -0.2) is 28.1 Å². The van der Waals surface area contributed by atoms with Gasteiger partial charge in [-0.3, -0.25) is 14.3 Å². The van der Waals surface area contributed by atoms with Gasteiger partial charge in [-0.25, -0.2) is 0 Å². The normalized spacial score (nSPS) is 17.5. The fraction of sp³-hybridized carbons (Fsp3) is 0.389. The molecule has 1 aliphatic heterocycles. The van der Waals surface area contributed by atoms with Gasteiger partial charge >= 0.3 is 0 Å². The van der Waals surface area contributed by atoms with Gasteiger partial charge in [0.2, 0.25) is 11.8 Å². The molecule has 0 saturated carbocycles. The molecular formula is C18H22N4O2. The molecule has 1 aromatic carbocycles. The summed E-state index contributed by atoms with van der Waals surface area (Å²) in [5.74, 6) is -0.0125. The summed E-state index contributed by atoms with van der Waals surface area (Å²) in [6, 6.07) is 9.30. The van der Waals surface area contributed by atoms with Crippen molar-refractivity contribution in [2.45, 2.75) is 26.8 Å². The Balaban J connectivity index is 1.65. The van der Waals surface area contributed by atoms with Crippen LogP contribution < -0.4 is 10.2 Å². The van der Waals surface area contributed by atoms with Crippen molar-refractivity contribution >= 4 is 23.2 Å². The molecule has 0 aliphatic carbocycles. The predicted octanol–water partition coefficient (Wildman–Crippen LogP) is 2.53. The lowest BCUT2D eigenvalue weighted by Gasteiger charge is -2.14. The Morgan fingerprint density at radius 2 is 2.08 bits per heavy atom. The first-order valence-corrected chi connectivity index (χ1v) is 8.21. The van der Waals surface area contributed by atoms with E-state index in [1.165, 1.54) is 0 Å². The summed E-state index contributed by atoms with van der Waals surface area (Å²) in [4.78, 5) is 26.3. The zero-order valence-corrected chi connectivity index (χ0v) is 14.0. The fourth-order valence-corrected chi connectivity index (χ4v) is 2.86. The van der Waals surface area contributed by atoms with Gasteiger partial charge in [0.25, 0.3) is 0 Å². The van der Waals surface area contributed by atoms with Gasteiger partial charge in [0.05, 0.1) is 17.8 Å². The van der Waals surface area contributed by atoms with E-state index in [1.807, 2.05) is 41.2 Å². The van der Waals surface area contributed by atoms with Crippen LogP contribution in [-0.2, 0) is 16.1 Å². The lowest BCUT2D eigenvalue weighted by molar-refractivity contribution is -0.122. The van der Waals surface area contributed by atoms with Crippen LogP contribution >= 0.6 is 0 Å². The number of rotatable bonds is 5. The van der Waals surface area contributed by atoms with Gasteiger partial charge in [-0.1, -0.05) is 32.0 Å². The third-order valence-corrected chi connectivity index (χ3v) is 4.02. The van der Waals surface area contributed by atoms with Gasteiger partial charge in [0, 0.05) is 31.4 Å². The van der Waals surface area contributed by atoms with Crippen LogP contribution in [0.15, 0.2) is 42.7 Å². The zero-order valence-electron chi connectivity index (χ0n) is 14.0. The average Bonchev–Trinajstić information content (AvgIpc) is 3.14. The summed E-state index contributed by atoms with van der Waals surface area (Å²) in [5.41, 5.74) is 1.51. The Labute approximate surface area is 141 Å². The summed E-state index contributed by atoms with van der Waals surface area (Å²) < 4.78 is 1.84. The highest BCUT2D eigenvalue weighted by atomic mass is 16.2. The minimum absolute atomic E-state index is 0.0349. The Morgan fingerprint density at radius 3 is 2.79 bits per heavy atom. The van der Waals surface area contributed by atoms with Crippen molar-refractivity contribution < 1.29 is 9.59 Å².